The van der Waals surface area contributed by atoms with Gasteiger partial charge in [-0.1, -0.05) is 36.7 Å². The fourth-order valence-corrected chi connectivity index (χ4v) is 2.00. The summed E-state index contributed by atoms with van der Waals surface area (Å²) in [6.07, 6.45) is 0.946. The molecule has 106 valence electrons. The third-order valence-corrected chi connectivity index (χ3v) is 3.10. The van der Waals surface area contributed by atoms with Gasteiger partial charge >= 0.3 is 0 Å². The van der Waals surface area contributed by atoms with Gasteiger partial charge < -0.3 is 15.2 Å². The number of hydrogen-bond acceptors (Lipinski definition) is 3. The van der Waals surface area contributed by atoms with Gasteiger partial charge in [-0.05, 0) is 30.7 Å². The highest BCUT2D eigenvalue weighted by Gasteiger charge is 2.06. The van der Waals surface area contributed by atoms with Crippen molar-refractivity contribution in [3.05, 3.63) is 53.1 Å². The van der Waals surface area contributed by atoms with Crippen molar-refractivity contribution in [2.24, 2.45) is 0 Å². The van der Waals surface area contributed by atoms with Crippen molar-refractivity contribution < 1.29 is 9.84 Å². The molecule has 0 saturated heterocycles. The number of nitrogens with one attached hydrogen (secondary N) is 1. The molecule has 4 heteroatoms. The van der Waals surface area contributed by atoms with E-state index in [4.69, 9.17) is 16.3 Å². The number of anilines is 1. The van der Waals surface area contributed by atoms with Crippen molar-refractivity contribution in [2.45, 2.75) is 19.9 Å². The van der Waals surface area contributed by atoms with Crippen molar-refractivity contribution in [3.8, 4) is 11.5 Å². The highest BCUT2D eigenvalue weighted by Crippen LogP contribution is 2.29. The van der Waals surface area contributed by atoms with Crippen LogP contribution in [0, 0.1) is 0 Å². The van der Waals surface area contributed by atoms with Gasteiger partial charge in [-0.25, -0.2) is 0 Å². The van der Waals surface area contributed by atoms with Gasteiger partial charge in [-0.3, -0.25) is 0 Å². The summed E-state index contributed by atoms with van der Waals surface area (Å²) in [4.78, 5) is 0. The van der Waals surface area contributed by atoms with Gasteiger partial charge in [0.2, 0.25) is 0 Å². The van der Waals surface area contributed by atoms with E-state index in [1.54, 1.807) is 18.2 Å². The lowest BCUT2D eigenvalue weighted by Crippen LogP contribution is -2.03. The molecule has 0 saturated carbocycles. The fourth-order valence-electron chi connectivity index (χ4n) is 1.83. The molecule has 0 aliphatic rings. The maximum Gasteiger partial charge on any atom is 0.142 e. The van der Waals surface area contributed by atoms with Gasteiger partial charge in [0.1, 0.15) is 11.5 Å². The standard InChI is InChI=1S/C16H18ClNO2/c1-2-9-20-16-8-7-13(17)10-14(16)18-11-12-5-3-4-6-15(12)19/h3-8,10,18-19H,2,9,11H2,1H3. The Morgan fingerprint density at radius 1 is 1.20 bits per heavy atom. The highest BCUT2D eigenvalue weighted by molar-refractivity contribution is 6.30. The molecule has 0 radical (unpaired) electrons. The third kappa shape index (κ3) is 3.81. The van der Waals surface area contributed by atoms with E-state index >= 15 is 0 Å². The van der Waals surface area contributed by atoms with Gasteiger partial charge in [0.25, 0.3) is 0 Å². The second kappa shape index (κ2) is 7.06. The monoisotopic (exact) mass is 291 g/mol. The Kier molecular flexibility index (Phi) is 5.13. The fraction of sp³-hybridized carbons (Fsp3) is 0.250. The molecule has 0 heterocycles. The number of phenolic OH excluding ortho intramolecular Hbond substituents is 1. The predicted octanol–water partition coefficient (Wildman–Crippen LogP) is 4.45. The molecule has 0 aliphatic carbocycles. The first-order valence-corrected chi connectivity index (χ1v) is 7.01. The average molecular weight is 292 g/mol. The topological polar surface area (TPSA) is 41.5 Å². The summed E-state index contributed by atoms with van der Waals surface area (Å²) in [6.45, 7) is 3.23. The van der Waals surface area contributed by atoms with E-state index in [-0.39, 0.29) is 5.75 Å². The minimum absolute atomic E-state index is 0.276. The van der Waals surface area contributed by atoms with Crippen molar-refractivity contribution in [1.82, 2.24) is 0 Å². The minimum Gasteiger partial charge on any atom is -0.508 e. The van der Waals surface area contributed by atoms with Gasteiger partial charge in [-0.2, -0.15) is 0 Å². The van der Waals surface area contributed by atoms with E-state index in [1.807, 2.05) is 24.3 Å². The van der Waals surface area contributed by atoms with Crippen molar-refractivity contribution in [3.63, 3.8) is 0 Å². The summed E-state index contributed by atoms with van der Waals surface area (Å²) in [6, 6.07) is 12.7. The van der Waals surface area contributed by atoms with Crippen LogP contribution in [0.3, 0.4) is 0 Å². The van der Waals surface area contributed by atoms with Crippen LogP contribution in [0.5, 0.6) is 11.5 Å². The lowest BCUT2D eigenvalue weighted by Gasteiger charge is -2.14. The van der Waals surface area contributed by atoms with Crippen LogP contribution >= 0.6 is 11.6 Å². The average Bonchev–Trinajstić information content (AvgIpc) is 2.45. The molecule has 2 rings (SSSR count). The summed E-state index contributed by atoms with van der Waals surface area (Å²) < 4.78 is 5.68. The Hall–Kier alpha value is -1.87. The zero-order valence-electron chi connectivity index (χ0n) is 11.4. The van der Waals surface area contributed by atoms with Crippen LogP contribution in [-0.2, 0) is 6.54 Å². The molecule has 0 fully saturated rings. The van der Waals surface area contributed by atoms with Crippen molar-refractivity contribution in [2.75, 3.05) is 11.9 Å². The summed E-state index contributed by atoms with van der Waals surface area (Å²) in [5.74, 6) is 1.05. The van der Waals surface area contributed by atoms with Crippen LogP contribution in [0.1, 0.15) is 18.9 Å². The smallest absolute Gasteiger partial charge is 0.142 e. The first-order chi connectivity index (χ1) is 9.70. The molecule has 0 amide bonds. The van der Waals surface area contributed by atoms with Crippen molar-refractivity contribution in [1.29, 1.82) is 0 Å². The second-order valence-electron chi connectivity index (χ2n) is 4.47. The number of ether oxygens (including phenoxy) is 1. The van der Waals surface area contributed by atoms with E-state index in [0.717, 1.165) is 23.4 Å². The van der Waals surface area contributed by atoms with Crippen LogP contribution in [0.4, 0.5) is 5.69 Å². The first kappa shape index (κ1) is 14.5. The third-order valence-electron chi connectivity index (χ3n) is 2.86. The summed E-state index contributed by atoms with van der Waals surface area (Å²) in [7, 11) is 0. The lowest BCUT2D eigenvalue weighted by atomic mass is 10.2. The maximum absolute atomic E-state index is 9.76. The Bertz CT molecular complexity index is 572. The van der Waals surface area contributed by atoms with Gasteiger partial charge in [0, 0.05) is 17.1 Å². The van der Waals surface area contributed by atoms with Gasteiger partial charge in [0.05, 0.1) is 12.3 Å². The molecular formula is C16H18ClNO2. The summed E-state index contributed by atoms with van der Waals surface area (Å²) >= 11 is 6.02. The largest absolute Gasteiger partial charge is 0.508 e. The number of benzene rings is 2. The molecule has 0 aromatic heterocycles. The van der Waals surface area contributed by atoms with Crippen LogP contribution in [0.25, 0.3) is 0 Å². The Morgan fingerprint density at radius 3 is 2.75 bits per heavy atom. The Labute approximate surface area is 124 Å². The SMILES string of the molecule is CCCOc1ccc(Cl)cc1NCc1ccccc1O. The number of hydrogen-bond donors (Lipinski definition) is 2. The van der Waals surface area contributed by atoms with E-state index in [9.17, 15) is 5.11 Å². The molecular weight excluding hydrogens is 274 g/mol. The second-order valence-corrected chi connectivity index (χ2v) is 4.91. The van der Waals surface area contributed by atoms with Crippen molar-refractivity contribution >= 4 is 17.3 Å². The molecule has 0 unspecified atom stereocenters. The molecule has 0 aliphatic heterocycles. The van der Waals surface area contributed by atoms with Gasteiger partial charge in [-0.15, -0.1) is 0 Å². The first-order valence-electron chi connectivity index (χ1n) is 6.63. The summed E-state index contributed by atoms with van der Waals surface area (Å²) in [5, 5.41) is 13.7. The van der Waals surface area contributed by atoms with E-state index in [0.29, 0.717) is 18.2 Å². The Balaban J connectivity index is 2.11. The van der Waals surface area contributed by atoms with E-state index in [1.165, 1.54) is 0 Å². The van der Waals surface area contributed by atoms with Crippen LogP contribution in [0.15, 0.2) is 42.5 Å². The summed E-state index contributed by atoms with van der Waals surface area (Å²) in [5.41, 5.74) is 1.66. The van der Waals surface area contributed by atoms with E-state index < -0.39 is 0 Å². The van der Waals surface area contributed by atoms with Crippen LogP contribution in [-0.4, -0.2) is 11.7 Å². The zero-order valence-corrected chi connectivity index (χ0v) is 12.2. The molecule has 0 bridgehead atoms. The van der Waals surface area contributed by atoms with Gasteiger partial charge in [0.15, 0.2) is 0 Å². The molecule has 2 aromatic rings. The molecule has 0 spiro atoms. The molecule has 3 nitrogen and oxygen atoms in total. The zero-order chi connectivity index (χ0) is 14.4. The molecule has 20 heavy (non-hydrogen) atoms. The molecule has 2 aromatic carbocycles. The maximum atomic E-state index is 9.76. The Morgan fingerprint density at radius 2 is 2.00 bits per heavy atom. The number of para-hydroxylation sites is 1. The number of rotatable bonds is 6. The minimum atomic E-state index is 0.276. The number of halogens is 1. The van der Waals surface area contributed by atoms with Crippen LogP contribution in [0.2, 0.25) is 5.02 Å². The molecule has 2 N–H and O–H groups in total. The number of phenols is 1. The predicted molar refractivity (Wildman–Crippen MR) is 82.7 cm³/mol. The normalized spacial score (nSPS) is 10.3. The quantitative estimate of drug-likeness (QED) is 0.826. The number of aromatic hydroxyl groups is 1. The lowest BCUT2D eigenvalue weighted by molar-refractivity contribution is 0.319. The highest BCUT2D eigenvalue weighted by atomic mass is 35.5. The molecule has 0 atom stereocenters. The van der Waals surface area contributed by atoms with Crippen LogP contribution < -0.4 is 10.1 Å². The van der Waals surface area contributed by atoms with E-state index in [2.05, 4.69) is 12.2 Å².